The van der Waals surface area contributed by atoms with Crippen LogP contribution in [-0.4, -0.2) is 21.9 Å². The van der Waals surface area contributed by atoms with E-state index in [0.717, 1.165) is 6.54 Å². The van der Waals surface area contributed by atoms with Crippen LogP contribution < -0.4 is 18.6 Å². The summed E-state index contributed by atoms with van der Waals surface area (Å²) in [7, 11) is -4.94. The first-order chi connectivity index (χ1) is 7.88. The van der Waals surface area contributed by atoms with E-state index in [1.54, 1.807) is 0 Å². The summed E-state index contributed by atoms with van der Waals surface area (Å²) in [6.07, 6.45) is 0. The lowest BCUT2D eigenvalue weighted by atomic mass is 10.3. The zero-order valence-corrected chi connectivity index (χ0v) is 10.7. The van der Waals surface area contributed by atoms with Gasteiger partial charge in [0.25, 0.3) is 0 Å². The van der Waals surface area contributed by atoms with E-state index in [4.69, 9.17) is 18.6 Å². The quantitative estimate of drug-likeness (QED) is 0.540. The molecule has 7 heteroatoms. The number of halogens is 1. The molecule has 1 heterocycles. The molecule has 94 valence electrons. The minimum Gasteiger partial charge on any atom is -0.222 e. The van der Waals surface area contributed by atoms with Gasteiger partial charge in [0.1, 0.15) is 0 Å². The van der Waals surface area contributed by atoms with Crippen LogP contribution in [0.1, 0.15) is 6.92 Å². The maximum atomic E-state index is 8.49. The Morgan fingerprint density at radius 2 is 1.65 bits per heavy atom. The second-order valence-corrected chi connectivity index (χ2v) is 5.28. The Labute approximate surface area is 106 Å². The minimum absolute atomic E-state index is 1.15. The molecule has 0 spiro atoms. The maximum absolute atomic E-state index is 8.49. The third-order valence-electron chi connectivity index (χ3n) is 2.07. The van der Waals surface area contributed by atoms with Crippen molar-refractivity contribution in [1.82, 2.24) is 0 Å². The van der Waals surface area contributed by atoms with E-state index in [1.807, 2.05) is 11.8 Å². The van der Waals surface area contributed by atoms with Gasteiger partial charge in [0.2, 0.25) is 10.7 Å². The van der Waals surface area contributed by atoms with Crippen molar-refractivity contribution in [3.8, 4) is 0 Å². The Balaban J connectivity index is 0.000000249. The molecule has 0 saturated heterocycles. The van der Waals surface area contributed by atoms with Crippen molar-refractivity contribution < 1.29 is 33.5 Å². The van der Waals surface area contributed by atoms with Crippen LogP contribution in [0.25, 0.3) is 0 Å². The van der Waals surface area contributed by atoms with Crippen molar-refractivity contribution in [3.05, 3.63) is 30.3 Å². The number of hydrogen-bond acceptors (Lipinski definition) is 5. The molecule has 0 radical (unpaired) electrons. The van der Waals surface area contributed by atoms with Gasteiger partial charge in [-0.15, -0.1) is 10.2 Å². The fraction of sp³-hybridized carbons (Fsp3) is 0.300. The number of nitrogens with zero attached hydrogens (tertiary/aromatic N) is 1. The molecule has 0 bridgehead atoms. The summed E-state index contributed by atoms with van der Waals surface area (Å²) in [6, 6.07) is 10.6. The van der Waals surface area contributed by atoms with Crippen molar-refractivity contribution in [1.29, 1.82) is 0 Å². The Bertz CT molecular complexity index is 385. The monoisotopic (exact) mass is 277 g/mol. The highest BCUT2D eigenvalue weighted by atomic mass is 35.7. The second-order valence-electron chi connectivity index (χ2n) is 3.23. The molecule has 0 unspecified atom stereocenters. The fourth-order valence-corrected chi connectivity index (χ4v) is 2.36. The molecule has 0 fully saturated rings. The molecule has 0 N–H and O–H groups in total. The minimum atomic E-state index is -4.94. The number of benzene rings is 1. The van der Waals surface area contributed by atoms with Crippen LogP contribution in [-0.2, 0) is 0 Å². The lowest BCUT2D eigenvalue weighted by molar-refractivity contribution is -2.00. The van der Waals surface area contributed by atoms with Crippen LogP contribution in [0.4, 0.5) is 5.69 Å². The first kappa shape index (κ1) is 14.4. The summed E-state index contributed by atoms with van der Waals surface area (Å²) in [6.45, 7) is 3.34. The van der Waals surface area contributed by atoms with E-state index in [-0.39, 0.29) is 0 Å². The molecule has 0 saturated carbocycles. The fourth-order valence-electron chi connectivity index (χ4n) is 1.44. The standard InChI is InChI=1S/C10H12NS.ClHO4/c1-9-11(7-8-12-9)10-5-3-2-4-6-10;2-1(3,4)5/h2-6H,7-8H2,1H3;(H,2,3,4,5)/q+1;/p-1. The zero-order chi connectivity index (χ0) is 12.9. The van der Waals surface area contributed by atoms with E-state index in [0.29, 0.717) is 0 Å². The molecule has 0 atom stereocenters. The number of thioether (sulfide) groups is 1. The van der Waals surface area contributed by atoms with Crippen LogP contribution in [0, 0.1) is 10.2 Å². The van der Waals surface area contributed by atoms with Crippen LogP contribution >= 0.6 is 11.8 Å². The van der Waals surface area contributed by atoms with E-state index < -0.39 is 10.2 Å². The van der Waals surface area contributed by atoms with Gasteiger partial charge >= 0.3 is 0 Å². The Morgan fingerprint density at radius 1 is 1.12 bits per heavy atom. The van der Waals surface area contributed by atoms with E-state index in [2.05, 4.69) is 41.8 Å². The summed E-state index contributed by atoms with van der Waals surface area (Å²) in [5.74, 6) is 1.22. The Kier molecular flexibility index (Phi) is 5.38. The normalized spacial score (nSPS) is 15.6. The average Bonchev–Trinajstić information content (AvgIpc) is 2.63. The van der Waals surface area contributed by atoms with Crippen LogP contribution in [0.3, 0.4) is 0 Å². The number of hydrogen-bond donors (Lipinski definition) is 0. The third kappa shape index (κ3) is 6.02. The number of rotatable bonds is 1. The molecule has 0 aliphatic carbocycles. The van der Waals surface area contributed by atoms with E-state index in [1.165, 1.54) is 16.5 Å². The smallest absolute Gasteiger partial charge is 0.213 e. The Hall–Kier alpha value is -0.630. The van der Waals surface area contributed by atoms with Gasteiger partial charge in [0.15, 0.2) is 6.54 Å². The van der Waals surface area contributed by atoms with E-state index >= 15 is 0 Å². The first-order valence-corrected chi connectivity index (χ1v) is 7.00. The highest BCUT2D eigenvalue weighted by Gasteiger charge is 2.20. The van der Waals surface area contributed by atoms with Gasteiger partial charge in [-0.3, -0.25) is 0 Å². The van der Waals surface area contributed by atoms with Gasteiger partial charge in [0, 0.05) is 19.1 Å². The molecule has 0 aromatic heterocycles. The molecule has 1 aliphatic heterocycles. The van der Waals surface area contributed by atoms with Crippen LogP contribution in [0.5, 0.6) is 0 Å². The highest BCUT2D eigenvalue weighted by molar-refractivity contribution is 8.13. The second kappa shape index (κ2) is 6.34. The van der Waals surface area contributed by atoms with Crippen LogP contribution in [0.2, 0.25) is 0 Å². The highest BCUT2D eigenvalue weighted by Crippen LogP contribution is 2.20. The SMILES string of the molecule is CC1=[N+](c2ccccc2)CCS1.[O-][Cl+3]([O-])([O-])[O-]. The largest absolute Gasteiger partial charge is 0.222 e. The van der Waals surface area contributed by atoms with Gasteiger partial charge in [-0.05, 0) is 0 Å². The summed E-state index contributed by atoms with van der Waals surface area (Å²) in [4.78, 5) is 0. The predicted molar refractivity (Wildman–Crippen MR) is 54.4 cm³/mol. The summed E-state index contributed by atoms with van der Waals surface area (Å²) in [5, 5.41) is 1.42. The molecule has 1 aromatic carbocycles. The average molecular weight is 278 g/mol. The summed E-state index contributed by atoms with van der Waals surface area (Å²) >= 11 is 1.94. The Morgan fingerprint density at radius 3 is 2.06 bits per heavy atom. The topological polar surface area (TPSA) is 95.2 Å². The first-order valence-electron chi connectivity index (χ1n) is 4.78. The molecular formula is C10H12ClNO4S. The van der Waals surface area contributed by atoms with Crippen molar-refractivity contribution in [3.63, 3.8) is 0 Å². The lowest BCUT2D eigenvalue weighted by Crippen LogP contribution is -2.68. The van der Waals surface area contributed by atoms with E-state index in [9.17, 15) is 0 Å². The van der Waals surface area contributed by atoms with Gasteiger partial charge in [-0.2, -0.15) is 4.58 Å². The molecule has 2 rings (SSSR count). The zero-order valence-electron chi connectivity index (χ0n) is 9.17. The predicted octanol–water partition coefficient (Wildman–Crippen LogP) is -2.26. The van der Waals surface area contributed by atoms with Crippen molar-refractivity contribution in [2.75, 3.05) is 12.3 Å². The van der Waals surface area contributed by atoms with Crippen molar-refractivity contribution in [2.24, 2.45) is 0 Å². The molecule has 17 heavy (non-hydrogen) atoms. The summed E-state index contributed by atoms with van der Waals surface area (Å²) < 4.78 is 36.3. The third-order valence-corrected chi connectivity index (χ3v) is 3.10. The van der Waals surface area contributed by atoms with Gasteiger partial charge < -0.3 is 0 Å². The number of para-hydroxylation sites is 1. The van der Waals surface area contributed by atoms with Crippen LogP contribution in [0.15, 0.2) is 30.3 Å². The molecule has 1 aromatic rings. The van der Waals surface area contributed by atoms with Gasteiger partial charge in [-0.25, -0.2) is 18.6 Å². The van der Waals surface area contributed by atoms with Gasteiger partial charge in [-0.1, -0.05) is 30.0 Å². The maximum Gasteiger partial charge on any atom is 0.213 e. The van der Waals surface area contributed by atoms with Gasteiger partial charge in [0.05, 0.1) is 5.75 Å². The lowest BCUT2D eigenvalue weighted by Gasteiger charge is -2.17. The van der Waals surface area contributed by atoms with Crippen molar-refractivity contribution >= 4 is 22.5 Å². The molecule has 5 nitrogen and oxygen atoms in total. The molecule has 1 aliphatic rings. The molecular weight excluding hydrogens is 266 g/mol. The van der Waals surface area contributed by atoms with Crippen molar-refractivity contribution in [2.45, 2.75) is 6.92 Å². The summed E-state index contributed by atoms with van der Waals surface area (Å²) in [5.41, 5.74) is 1.32. The molecule has 0 amide bonds.